The van der Waals surface area contributed by atoms with E-state index in [9.17, 15) is 22.4 Å². The number of thiazole rings is 1. The number of rotatable bonds is 6. The van der Waals surface area contributed by atoms with Crippen LogP contribution in [0.3, 0.4) is 0 Å². The second-order valence-electron chi connectivity index (χ2n) is 6.23. The van der Waals surface area contributed by atoms with Gasteiger partial charge in [0.05, 0.1) is 22.3 Å². The number of carbonyl (C=O) groups excluding carboxylic acids is 1. The van der Waals surface area contributed by atoms with Gasteiger partial charge in [-0.3, -0.25) is 4.79 Å². The number of aromatic nitrogens is 1. The second kappa shape index (κ2) is 8.14. The highest BCUT2D eigenvalue weighted by Crippen LogP contribution is 2.38. The zero-order valence-corrected chi connectivity index (χ0v) is 15.7. The monoisotopic (exact) mass is 411 g/mol. The summed E-state index contributed by atoms with van der Waals surface area (Å²) >= 11 is 1.10. The topological polar surface area (TPSA) is 45.2 Å². The molecule has 0 spiro atoms. The van der Waals surface area contributed by atoms with Crippen molar-refractivity contribution in [3.05, 3.63) is 59.4 Å². The van der Waals surface area contributed by atoms with Crippen molar-refractivity contribution in [2.75, 3.05) is 25.0 Å². The van der Waals surface area contributed by atoms with Crippen molar-refractivity contribution in [2.24, 2.45) is 0 Å². The zero-order chi connectivity index (χ0) is 20.3. The van der Waals surface area contributed by atoms with Gasteiger partial charge in [0.25, 0.3) is 0 Å². The van der Waals surface area contributed by atoms with E-state index < -0.39 is 11.7 Å². The Morgan fingerprint density at radius 1 is 1.18 bits per heavy atom. The minimum Gasteiger partial charge on any atom is -0.354 e. The van der Waals surface area contributed by atoms with Gasteiger partial charge in [-0.2, -0.15) is 13.2 Å². The molecule has 0 fully saturated rings. The molecule has 0 bridgehead atoms. The number of nitrogens with one attached hydrogen (secondary N) is 1. The fourth-order valence-electron chi connectivity index (χ4n) is 2.67. The Labute approximate surface area is 162 Å². The summed E-state index contributed by atoms with van der Waals surface area (Å²) in [5, 5.41) is 3.07. The quantitative estimate of drug-likeness (QED) is 0.617. The van der Waals surface area contributed by atoms with Crippen molar-refractivity contribution in [1.82, 2.24) is 10.3 Å². The summed E-state index contributed by atoms with van der Waals surface area (Å²) in [4.78, 5) is 17.7. The van der Waals surface area contributed by atoms with E-state index in [0.717, 1.165) is 23.0 Å². The third-order valence-electron chi connectivity index (χ3n) is 4.07. The minimum absolute atomic E-state index is 0.0371. The van der Waals surface area contributed by atoms with Gasteiger partial charge in [0.2, 0.25) is 5.91 Å². The van der Waals surface area contributed by atoms with Gasteiger partial charge in [-0.25, -0.2) is 9.37 Å². The maximum absolute atomic E-state index is 13.1. The predicted octanol–water partition coefficient (Wildman–Crippen LogP) is 4.25. The normalized spacial score (nSPS) is 11.6. The van der Waals surface area contributed by atoms with Crippen LogP contribution in [0.2, 0.25) is 0 Å². The third kappa shape index (κ3) is 4.78. The molecule has 1 amide bonds. The molecule has 0 radical (unpaired) electrons. The van der Waals surface area contributed by atoms with E-state index in [1.54, 1.807) is 25.2 Å². The van der Waals surface area contributed by atoms with E-state index in [0.29, 0.717) is 22.8 Å². The summed E-state index contributed by atoms with van der Waals surface area (Å²) in [5.41, 5.74) is -0.0101. The molecular weight excluding hydrogens is 394 g/mol. The Kier molecular flexibility index (Phi) is 5.83. The van der Waals surface area contributed by atoms with Crippen LogP contribution in [0, 0.1) is 5.82 Å². The molecule has 3 rings (SSSR count). The highest BCUT2D eigenvalue weighted by Gasteiger charge is 2.34. The van der Waals surface area contributed by atoms with Crippen LogP contribution >= 0.6 is 11.3 Å². The van der Waals surface area contributed by atoms with E-state index in [4.69, 9.17) is 0 Å². The van der Waals surface area contributed by atoms with Gasteiger partial charge in [-0.05, 0) is 36.2 Å². The van der Waals surface area contributed by atoms with Crippen molar-refractivity contribution < 1.29 is 22.4 Å². The maximum Gasteiger partial charge on any atom is 0.418 e. The number of hydrogen-bond donors (Lipinski definition) is 1. The number of fused-ring (bicyclic) bond motifs is 1. The lowest BCUT2D eigenvalue weighted by molar-refractivity contribution is -0.136. The number of hydrogen-bond acceptors (Lipinski definition) is 4. The van der Waals surface area contributed by atoms with Crippen LogP contribution in [0.4, 0.5) is 22.7 Å². The van der Waals surface area contributed by atoms with Crippen molar-refractivity contribution in [3.63, 3.8) is 0 Å². The largest absolute Gasteiger partial charge is 0.418 e. The van der Waals surface area contributed by atoms with Crippen molar-refractivity contribution in [3.8, 4) is 0 Å². The molecule has 0 aliphatic rings. The fourth-order valence-corrected chi connectivity index (χ4v) is 3.62. The fraction of sp³-hybridized carbons (Fsp3) is 0.263. The van der Waals surface area contributed by atoms with E-state index in [-0.39, 0.29) is 23.8 Å². The molecule has 148 valence electrons. The summed E-state index contributed by atoms with van der Waals surface area (Å²) in [6, 6.07) is 9.91. The smallest absolute Gasteiger partial charge is 0.354 e. The van der Waals surface area contributed by atoms with Crippen molar-refractivity contribution in [1.29, 1.82) is 0 Å². The average Bonchev–Trinajstić information content (AvgIpc) is 3.07. The van der Waals surface area contributed by atoms with E-state index in [1.165, 1.54) is 23.1 Å². The van der Waals surface area contributed by atoms with Gasteiger partial charge in [0.1, 0.15) is 5.82 Å². The van der Waals surface area contributed by atoms with Crippen LogP contribution in [0.25, 0.3) is 10.2 Å². The Bertz CT molecular complexity index is 969. The number of benzene rings is 2. The van der Waals surface area contributed by atoms with Crippen molar-refractivity contribution >= 4 is 32.6 Å². The van der Waals surface area contributed by atoms with Gasteiger partial charge in [0, 0.05) is 13.6 Å². The number of amides is 1. The van der Waals surface area contributed by atoms with Crippen molar-refractivity contribution in [2.45, 2.75) is 12.6 Å². The first kappa shape index (κ1) is 20.1. The first-order valence-electron chi connectivity index (χ1n) is 8.43. The molecule has 0 saturated carbocycles. The van der Waals surface area contributed by atoms with Crippen LogP contribution < -0.4 is 10.2 Å². The number of anilines is 1. The van der Waals surface area contributed by atoms with Crippen LogP contribution in [-0.2, 0) is 17.4 Å². The molecule has 0 aliphatic heterocycles. The lowest BCUT2D eigenvalue weighted by Gasteiger charge is -2.15. The van der Waals surface area contributed by atoms with E-state index >= 15 is 0 Å². The molecule has 3 aromatic rings. The molecule has 28 heavy (non-hydrogen) atoms. The number of halogens is 4. The minimum atomic E-state index is -4.48. The summed E-state index contributed by atoms with van der Waals surface area (Å²) < 4.78 is 52.6. The molecule has 2 aromatic carbocycles. The lowest BCUT2D eigenvalue weighted by Crippen LogP contribution is -2.36. The molecule has 4 nitrogen and oxygen atoms in total. The van der Waals surface area contributed by atoms with E-state index in [2.05, 4.69) is 10.3 Å². The molecule has 1 N–H and O–H groups in total. The van der Waals surface area contributed by atoms with Gasteiger partial charge in [0.15, 0.2) is 5.13 Å². The van der Waals surface area contributed by atoms with Gasteiger partial charge >= 0.3 is 6.18 Å². The average molecular weight is 411 g/mol. The number of carbonyl (C=O) groups is 1. The molecule has 0 aliphatic carbocycles. The first-order valence-corrected chi connectivity index (χ1v) is 9.25. The summed E-state index contributed by atoms with van der Waals surface area (Å²) in [5.74, 6) is -0.598. The standard InChI is InChI=1S/C19H17F4N3OS/c1-26(11-16(27)24-10-9-12-5-7-13(20)8-6-12)18-25-17-14(19(21,22)23)3-2-4-15(17)28-18/h2-8H,9-11H2,1H3,(H,24,27). The summed E-state index contributed by atoms with van der Waals surface area (Å²) in [7, 11) is 1.60. The highest BCUT2D eigenvalue weighted by atomic mass is 32.1. The van der Waals surface area contributed by atoms with Crippen LogP contribution in [0.5, 0.6) is 0 Å². The lowest BCUT2D eigenvalue weighted by atomic mass is 10.1. The zero-order valence-electron chi connectivity index (χ0n) is 14.9. The van der Waals surface area contributed by atoms with Crippen LogP contribution in [-0.4, -0.2) is 31.0 Å². The first-order chi connectivity index (χ1) is 13.2. The Morgan fingerprint density at radius 3 is 2.57 bits per heavy atom. The summed E-state index contributed by atoms with van der Waals surface area (Å²) in [6.45, 7) is 0.334. The molecule has 0 atom stereocenters. The molecule has 9 heteroatoms. The van der Waals surface area contributed by atoms with Gasteiger partial charge in [-0.1, -0.05) is 29.5 Å². The Hall–Kier alpha value is -2.68. The number of nitrogens with zero attached hydrogens (tertiary/aromatic N) is 2. The highest BCUT2D eigenvalue weighted by molar-refractivity contribution is 7.22. The maximum atomic E-state index is 13.1. The number of alkyl halides is 3. The number of likely N-dealkylation sites (N-methyl/N-ethyl adjacent to an activating group) is 1. The molecule has 1 aromatic heterocycles. The van der Waals surface area contributed by atoms with Crippen LogP contribution in [0.15, 0.2) is 42.5 Å². The molecule has 1 heterocycles. The SMILES string of the molecule is CN(CC(=O)NCCc1ccc(F)cc1)c1nc2c(C(F)(F)F)cccc2s1. The van der Waals surface area contributed by atoms with Gasteiger partial charge in [-0.15, -0.1) is 0 Å². The van der Waals surface area contributed by atoms with E-state index in [1.807, 2.05) is 0 Å². The third-order valence-corrected chi connectivity index (χ3v) is 5.20. The predicted molar refractivity (Wildman–Crippen MR) is 101 cm³/mol. The van der Waals surface area contributed by atoms with Crippen LogP contribution in [0.1, 0.15) is 11.1 Å². The molecular formula is C19H17F4N3OS. The molecule has 0 saturated heterocycles. The summed E-state index contributed by atoms with van der Waals surface area (Å²) in [6.07, 6.45) is -3.94. The van der Waals surface area contributed by atoms with Gasteiger partial charge < -0.3 is 10.2 Å². The second-order valence-corrected chi connectivity index (χ2v) is 7.24. The Morgan fingerprint density at radius 2 is 1.89 bits per heavy atom. The number of para-hydroxylation sites is 1. The Balaban J connectivity index is 1.60. The molecule has 0 unspecified atom stereocenters.